The number of sulfone groups is 1. The van der Waals surface area contributed by atoms with E-state index in [1.54, 1.807) is 14.0 Å². The molecule has 142 valence electrons. The molecule has 0 saturated heterocycles. The predicted molar refractivity (Wildman–Crippen MR) is 95.2 cm³/mol. The summed E-state index contributed by atoms with van der Waals surface area (Å²) < 4.78 is 65.0. The van der Waals surface area contributed by atoms with Crippen LogP contribution in [0.25, 0.3) is 22.3 Å². The van der Waals surface area contributed by atoms with Crippen molar-refractivity contribution in [1.82, 2.24) is 15.0 Å². The number of nitrogens with zero attached hydrogens (tertiary/aromatic N) is 3. The molecule has 0 fully saturated rings. The maximum absolute atomic E-state index is 13.4. The fraction of sp³-hybridized carbons (Fsp3) is 0.235. The van der Waals surface area contributed by atoms with Crippen LogP contribution in [-0.4, -0.2) is 36.7 Å². The van der Waals surface area contributed by atoms with Crippen molar-refractivity contribution in [2.45, 2.75) is 18.0 Å². The monoisotopic (exact) mass is 396 g/mol. The lowest BCUT2D eigenvalue weighted by Gasteiger charge is -2.16. The van der Waals surface area contributed by atoms with E-state index >= 15 is 0 Å². The number of aryl methyl sites for hydroxylation is 1. The smallest absolute Gasteiger partial charge is 0.372 e. The van der Waals surface area contributed by atoms with Gasteiger partial charge < -0.3 is 5.32 Å². The number of hydrogen-bond acceptors (Lipinski definition) is 6. The Morgan fingerprint density at radius 1 is 1.07 bits per heavy atom. The number of halogens is 3. The van der Waals surface area contributed by atoms with Gasteiger partial charge in [0.15, 0.2) is 15.5 Å². The van der Waals surface area contributed by atoms with E-state index in [1.165, 1.54) is 24.3 Å². The molecule has 6 nitrogen and oxygen atoms in total. The van der Waals surface area contributed by atoms with Crippen LogP contribution in [0.4, 0.5) is 19.0 Å². The molecule has 10 heteroatoms. The van der Waals surface area contributed by atoms with Gasteiger partial charge in [0.1, 0.15) is 11.6 Å². The van der Waals surface area contributed by atoms with Gasteiger partial charge in [0, 0.05) is 18.9 Å². The molecule has 2 aromatic heterocycles. The highest BCUT2D eigenvalue weighted by Gasteiger charge is 2.35. The minimum absolute atomic E-state index is 0.103. The summed E-state index contributed by atoms with van der Waals surface area (Å²) in [6, 6.07) is 5.97. The Hall–Kier alpha value is -2.75. The molecule has 27 heavy (non-hydrogen) atoms. The summed E-state index contributed by atoms with van der Waals surface area (Å²) in [6.45, 7) is 1.61. The van der Waals surface area contributed by atoms with Crippen LogP contribution in [0, 0.1) is 6.92 Å². The second kappa shape index (κ2) is 6.45. The molecule has 0 aliphatic rings. The molecule has 0 aliphatic carbocycles. The maximum atomic E-state index is 13.4. The van der Waals surface area contributed by atoms with Crippen LogP contribution in [-0.2, 0) is 16.0 Å². The van der Waals surface area contributed by atoms with Crippen LogP contribution < -0.4 is 5.32 Å². The van der Waals surface area contributed by atoms with Crippen LogP contribution in [0.3, 0.4) is 0 Å². The average molecular weight is 396 g/mol. The second-order valence-corrected chi connectivity index (χ2v) is 7.88. The quantitative estimate of drug-likeness (QED) is 0.730. The van der Waals surface area contributed by atoms with E-state index in [2.05, 4.69) is 20.3 Å². The first-order chi connectivity index (χ1) is 12.5. The van der Waals surface area contributed by atoms with Crippen LogP contribution in [0.15, 0.2) is 35.2 Å². The second-order valence-electron chi connectivity index (χ2n) is 5.89. The van der Waals surface area contributed by atoms with Crippen LogP contribution >= 0.6 is 0 Å². The number of anilines is 1. The number of fused-ring (bicyclic) bond motifs is 1. The summed E-state index contributed by atoms with van der Waals surface area (Å²) in [4.78, 5) is 12.2. The third kappa shape index (κ3) is 3.57. The molecule has 0 spiro atoms. The van der Waals surface area contributed by atoms with Gasteiger partial charge in [-0.3, -0.25) is 0 Å². The summed E-state index contributed by atoms with van der Waals surface area (Å²) in [5.74, 6) is 0.687. The highest BCUT2D eigenvalue weighted by Crippen LogP contribution is 2.39. The largest absolute Gasteiger partial charge is 0.417 e. The third-order valence-electron chi connectivity index (χ3n) is 3.89. The summed E-state index contributed by atoms with van der Waals surface area (Å²) in [5.41, 5.74) is -1.49. The fourth-order valence-corrected chi connectivity index (χ4v) is 3.59. The van der Waals surface area contributed by atoms with E-state index in [0.717, 1.165) is 12.3 Å². The number of pyridine rings is 1. The van der Waals surface area contributed by atoms with Gasteiger partial charge in [-0.25, -0.2) is 23.4 Å². The summed E-state index contributed by atoms with van der Waals surface area (Å²) in [6.07, 6.45) is -3.75. The van der Waals surface area contributed by atoms with Crippen molar-refractivity contribution < 1.29 is 21.6 Å². The van der Waals surface area contributed by atoms with Gasteiger partial charge in [-0.05, 0) is 19.1 Å². The minimum atomic E-state index is -4.67. The zero-order valence-electron chi connectivity index (χ0n) is 14.6. The van der Waals surface area contributed by atoms with E-state index in [1.807, 2.05) is 0 Å². The molecular weight excluding hydrogens is 381 g/mol. The van der Waals surface area contributed by atoms with E-state index < -0.39 is 21.6 Å². The van der Waals surface area contributed by atoms with Gasteiger partial charge in [-0.15, -0.1) is 0 Å². The Balaban J connectivity index is 2.47. The van der Waals surface area contributed by atoms with Crippen LogP contribution in [0.2, 0.25) is 0 Å². The Morgan fingerprint density at radius 3 is 2.33 bits per heavy atom. The maximum Gasteiger partial charge on any atom is 0.417 e. The fourth-order valence-electron chi connectivity index (χ4n) is 2.75. The molecule has 2 heterocycles. The zero-order valence-corrected chi connectivity index (χ0v) is 15.4. The number of aromatic nitrogens is 3. The minimum Gasteiger partial charge on any atom is -0.372 e. The third-order valence-corrected chi connectivity index (χ3v) is 5.00. The number of hydrogen-bond donors (Lipinski definition) is 1. The SMILES string of the molecule is CNc1nc(C)nc2nc(-c3ccccc3C(F)(F)F)c(S(C)(=O)=O)cc12. The highest BCUT2D eigenvalue weighted by molar-refractivity contribution is 7.90. The van der Waals surface area contributed by atoms with Gasteiger partial charge >= 0.3 is 6.18 Å². The van der Waals surface area contributed by atoms with E-state index in [-0.39, 0.29) is 21.8 Å². The summed E-state index contributed by atoms with van der Waals surface area (Å²) >= 11 is 0. The van der Waals surface area contributed by atoms with Crippen molar-refractivity contribution in [2.75, 3.05) is 18.6 Å². The first-order valence-electron chi connectivity index (χ1n) is 7.76. The van der Waals surface area contributed by atoms with E-state index in [0.29, 0.717) is 17.0 Å². The average Bonchev–Trinajstić information content (AvgIpc) is 2.58. The van der Waals surface area contributed by atoms with Crippen molar-refractivity contribution >= 4 is 26.7 Å². The Morgan fingerprint density at radius 2 is 1.74 bits per heavy atom. The molecule has 3 aromatic rings. The number of benzene rings is 1. The molecule has 0 bridgehead atoms. The molecule has 0 aliphatic heterocycles. The standard InChI is InChI=1S/C17H15F3N4O2S/c1-9-22-15(21-2)11-8-13(27(3,25)26)14(24-16(11)23-9)10-6-4-5-7-12(10)17(18,19)20/h4-8H,1-3H3,(H,21,22,23,24). The van der Waals surface area contributed by atoms with Crippen molar-refractivity contribution in [2.24, 2.45) is 0 Å². The van der Waals surface area contributed by atoms with Crippen molar-refractivity contribution in [3.8, 4) is 11.3 Å². The lowest BCUT2D eigenvalue weighted by Crippen LogP contribution is -2.10. The van der Waals surface area contributed by atoms with Gasteiger partial charge in [0.25, 0.3) is 0 Å². The van der Waals surface area contributed by atoms with Crippen LogP contribution in [0.5, 0.6) is 0 Å². The molecule has 1 aromatic carbocycles. The van der Waals surface area contributed by atoms with Crippen molar-refractivity contribution in [3.63, 3.8) is 0 Å². The lowest BCUT2D eigenvalue weighted by molar-refractivity contribution is -0.137. The number of nitrogens with one attached hydrogen (secondary N) is 1. The lowest BCUT2D eigenvalue weighted by atomic mass is 10.0. The van der Waals surface area contributed by atoms with Crippen LogP contribution in [0.1, 0.15) is 11.4 Å². The first kappa shape index (κ1) is 19.0. The van der Waals surface area contributed by atoms with Gasteiger partial charge in [0.2, 0.25) is 0 Å². The Labute approximate surface area is 153 Å². The normalized spacial score (nSPS) is 12.4. The highest BCUT2D eigenvalue weighted by atomic mass is 32.2. The predicted octanol–water partition coefficient (Wildman–Crippen LogP) is 3.46. The molecule has 0 amide bonds. The number of alkyl halides is 3. The molecule has 0 radical (unpaired) electrons. The molecule has 0 saturated carbocycles. The first-order valence-corrected chi connectivity index (χ1v) is 9.65. The molecule has 3 rings (SSSR count). The molecule has 1 N–H and O–H groups in total. The molecule has 0 atom stereocenters. The van der Waals surface area contributed by atoms with Gasteiger partial charge in [-0.1, -0.05) is 18.2 Å². The summed E-state index contributed by atoms with van der Waals surface area (Å²) in [5, 5.41) is 3.12. The van der Waals surface area contributed by atoms with Crippen molar-refractivity contribution in [3.05, 3.63) is 41.7 Å². The Bertz CT molecular complexity index is 1140. The Kier molecular flexibility index (Phi) is 4.54. The summed E-state index contributed by atoms with van der Waals surface area (Å²) in [7, 11) is -2.29. The van der Waals surface area contributed by atoms with Crippen molar-refractivity contribution in [1.29, 1.82) is 0 Å². The van der Waals surface area contributed by atoms with E-state index in [9.17, 15) is 21.6 Å². The molecular formula is C17H15F3N4O2S. The van der Waals surface area contributed by atoms with Gasteiger partial charge in [-0.2, -0.15) is 13.2 Å². The topological polar surface area (TPSA) is 84.8 Å². The van der Waals surface area contributed by atoms with Gasteiger partial charge in [0.05, 0.1) is 21.5 Å². The number of rotatable bonds is 3. The molecule has 0 unspecified atom stereocenters. The zero-order chi connectivity index (χ0) is 20.0. The van der Waals surface area contributed by atoms with E-state index in [4.69, 9.17) is 0 Å².